The number of para-hydroxylation sites is 1. The Balaban J connectivity index is 2.03. The molecule has 0 spiro atoms. The van der Waals surface area contributed by atoms with Gasteiger partial charge < -0.3 is 0 Å². The standard InChI is InChI=1S/C20H12BrN3O3/c21-14-7-11-15(12-8-14)23-19(13-5-9-16(10-6-13)24(26)27)22-18-4-2-1-3-17(18)20(23)25/h1-12H. The van der Waals surface area contributed by atoms with E-state index in [4.69, 9.17) is 0 Å². The van der Waals surface area contributed by atoms with Crippen LogP contribution >= 0.6 is 15.9 Å². The molecule has 27 heavy (non-hydrogen) atoms. The van der Waals surface area contributed by atoms with E-state index in [1.807, 2.05) is 30.3 Å². The number of benzene rings is 3. The van der Waals surface area contributed by atoms with Gasteiger partial charge in [0.15, 0.2) is 0 Å². The van der Waals surface area contributed by atoms with E-state index in [1.54, 1.807) is 30.3 Å². The molecule has 3 aromatic carbocycles. The summed E-state index contributed by atoms with van der Waals surface area (Å²) in [4.78, 5) is 28.3. The van der Waals surface area contributed by atoms with Gasteiger partial charge in [-0.05, 0) is 48.5 Å². The Bertz CT molecular complexity index is 1220. The molecule has 0 aliphatic heterocycles. The van der Waals surface area contributed by atoms with E-state index in [-0.39, 0.29) is 11.2 Å². The summed E-state index contributed by atoms with van der Waals surface area (Å²) in [5, 5.41) is 11.4. The topological polar surface area (TPSA) is 78.0 Å². The fourth-order valence-corrected chi connectivity index (χ4v) is 3.15. The molecule has 4 rings (SSSR count). The Morgan fingerprint density at radius 2 is 1.59 bits per heavy atom. The molecule has 7 heteroatoms. The second-order valence-electron chi connectivity index (χ2n) is 5.87. The molecule has 0 saturated carbocycles. The van der Waals surface area contributed by atoms with Crippen molar-refractivity contribution in [1.29, 1.82) is 0 Å². The molecule has 0 fully saturated rings. The van der Waals surface area contributed by atoms with Crippen LogP contribution in [0.3, 0.4) is 0 Å². The molecular formula is C20H12BrN3O3. The highest BCUT2D eigenvalue weighted by atomic mass is 79.9. The van der Waals surface area contributed by atoms with Gasteiger partial charge in [-0.2, -0.15) is 0 Å². The van der Waals surface area contributed by atoms with Crippen LogP contribution in [0.15, 0.2) is 82.1 Å². The van der Waals surface area contributed by atoms with Crippen LogP contribution in [-0.2, 0) is 0 Å². The number of halogens is 1. The molecule has 0 N–H and O–H groups in total. The van der Waals surface area contributed by atoms with Gasteiger partial charge in [-0.15, -0.1) is 0 Å². The number of hydrogen-bond donors (Lipinski definition) is 0. The predicted molar refractivity (Wildman–Crippen MR) is 107 cm³/mol. The summed E-state index contributed by atoms with van der Waals surface area (Å²) in [7, 11) is 0. The molecule has 1 heterocycles. The minimum atomic E-state index is -0.459. The summed E-state index contributed by atoms with van der Waals surface area (Å²) in [5.41, 5.74) is 1.64. The average molecular weight is 422 g/mol. The van der Waals surface area contributed by atoms with Crippen molar-refractivity contribution in [3.8, 4) is 17.1 Å². The molecule has 4 aromatic rings. The molecule has 0 aliphatic carbocycles. The Labute approximate surface area is 162 Å². The van der Waals surface area contributed by atoms with Crippen molar-refractivity contribution in [2.75, 3.05) is 0 Å². The first-order chi connectivity index (χ1) is 13.0. The third-order valence-corrected chi connectivity index (χ3v) is 4.73. The molecule has 0 amide bonds. The smallest absolute Gasteiger partial charge is 0.268 e. The Morgan fingerprint density at radius 3 is 2.26 bits per heavy atom. The van der Waals surface area contributed by atoms with Gasteiger partial charge in [0.2, 0.25) is 0 Å². The summed E-state index contributed by atoms with van der Waals surface area (Å²) >= 11 is 3.39. The Hall–Kier alpha value is -3.32. The predicted octanol–water partition coefficient (Wildman–Crippen LogP) is 4.72. The van der Waals surface area contributed by atoms with Gasteiger partial charge in [-0.25, -0.2) is 4.98 Å². The van der Waals surface area contributed by atoms with Gasteiger partial charge >= 0.3 is 0 Å². The zero-order valence-corrected chi connectivity index (χ0v) is 15.5. The Morgan fingerprint density at radius 1 is 0.926 bits per heavy atom. The first kappa shape index (κ1) is 17.1. The summed E-state index contributed by atoms with van der Waals surface area (Å²) < 4.78 is 2.42. The largest absolute Gasteiger partial charge is 0.269 e. The molecule has 1 aromatic heterocycles. The highest BCUT2D eigenvalue weighted by Gasteiger charge is 2.15. The molecule has 0 bridgehead atoms. The zero-order chi connectivity index (χ0) is 19.0. The van der Waals surface area contributed by atoms with Crippen molar-refractivity contribution in [3.05, 3.63) is 97.7 Å². The number of nitrogens with zero attached hydrogens (tertiary/aromatic N) is 3. The summed E-state index contributed by atoms with van der Waals surface area (Å²) in [6, 6.07) is 20.5. The van der Waals surface area contributed by atoms with E-state index >= 15 is 0 Å². The van der Waals surface area contributed by atoms with E-state index in [0.717, 1.165) is 4.47 Å². The summed E-state index contributed by atoms with van der Waals surface area (Å²) in [6.45, 7) is 0. The third-order valence-electron chi connectivity index (χ3n) is 4.20. The van der Waals surface area contributed by atoms with E-state index in [1.165, 1.54) is 16.7 Å². The average Bonchev–Trinajstić information content (AvgIpc) is 2.69. The van der Waals surface area contributed by atoms with E-state index in [2.05, 4.69) is 20.9 Å². The number of non-ortho nitro benzene ring substituents is 1. The fourth-order valence-electron chi connectivity index (χ4n) is 2.89. The Kier molecular flexibility index (Phi) is 4.29. The molecular weight excluding hydrogens is 410 g/mol. The number of aromatic nitrogens is 2. The van der Waals surface area contributed by atoms with Gasteiger partial charge in [0.1, 0.15) is 5.82 Å². The van der Waals surface area contributed by atoms with Crippen molar-refractivity contribution < 1.29 is 4.92 Å². The molecule has 0 saturated heterocycles. The van der Waals surface area contributed by atoms with Crippen LogP contribution < -0.4 is 5.56 Å². The van der Waals surface area contributed by atoms with Crippen LogP contribution in [0.4, 0.5) is 5.69 Å². The number of fused-ring (bicyclic) bond motifs is 1. The maximum Gasteiger partial charge on any atom is 0.269 e. The molecule has 6 nitrogen and oxygen atoms in total. The van der Waals surface area contributed by atoms with Crippen LogP contribution in [0.5, 0.6) is 0 Å². The lowest BCUT2D eigenvalue weighted by Crippen LogP contribution is -2.21. The van der Waals surface area contributed by atoms with E-state index in [0.29, 0.717) is 28.0 Å². The van der Waals surface area contributed by atoms with E-state index in [9.17, 15) is 14.9 Å². The molecule has 132 valence electrons. The lowest BCUT2D eigenvalue weighted by Gasteiger charge is -2.14. The third kappa shape index (κ3) is 3.13. The van der Waals surface area contributed by atoms with Gasteiger partial charge in [0.05, 0.1) is 21.5 Å². The minimum absolute atomic E-state index is 0.0166. The highest BCUT2D eigenvalue weighted by molar-refractivity contribution is 9.10. The second-order valence-corrected chi connectivity index (χ2v) is 6.79. The van der Waals surface area contributed by atoms with Gasteiger partial charge in [-0.3, -0.25) is 19.5 Å². The van der Waals surface area contributed by atoms with Crippen LogP contribution in [0, 0.1) is 10.1 Å². The van der Waals surface area contributed by atoms with Crippen molar-refractivity contribution >= 4 is 32.5 Å². The molecule has 0 radical (unpaired) electrons. The number of nitro benzene ring substituents is 1. The van der Waals surface area contributed by atoms with Gasteiger partial charge in [0, 0.05) is 22.2 Å². The summed E-state index contributed by atoms with van der Waals surface area (Å²) in [6.07, 6.45) is 0. The second kappa shape index (κ2) is 6.77. The fraction of sp³-hybridized carbons (Fsp3) is 0. The molecule has 0 atom stereocenters. The maximum absolute atomic E-state index is 13.2. The SMILES string of the molecule is O=c1c2ccccc2nc(-c2ccc([N+](=O)[O-])cc2)n1-c1ccc(Br)cc1. The lowest BCUT2D eigenvalue weighted by atomic mass is 10.1. The quantitative estimate of drug-likeness (QED) is 0.354. The van der Waals surface area contributed by atoms with Crippen molar-refractivity contribution in [3.63, 3.8) is 0 Å². The minimum Gasteiger partial charge on any atom is -0.268 e. The van der Waals surface area contributed by atoms with Crippen molar-refractivity contribution in [2.24, 2.45) is 0 Å². The molecule has 0 aliphatic rings. The number of nitro groups is 1. The first-order valence-electron chi connectivity index (χ1n) is 8.07. The lowest BCUT2D eigenvalue weighted by molar-refractivity contribution is -0.384. The maximum atomic E-state index is 13.2. The van der Waals surface area contributed by atoms with Crippen molar-refractivity contribution in [1.82, 2.24) is 9.55 Å². The van der Waals surface area contributed by atoms with Crippen LogP contribution in [0.2, 0.25) is 0 Å². The van der Waals surface area contributed by atoms with Crippen LogP contribution in [-0.4, -0.2) is 14.5 Å². The summed E-state index contributed by atoms with van der Waals surface area (Å²) in [5.74, 6) is 0.427. The highest BCUT2D eigenvalue weighted by Crippen LogP contribution is 2.25. The first-order valence-corrected chi connectivity index (χ1v) is 8.86. The van der Waals surface area contributed by atoms with Crippen molar-refractivity contribution in [2.45, 2.75) is 0 Å². The molecule has 0 unspecified atom stereocenters. The van der Waals surface area contributed by atoms with Gasteiger partial charge in [-0.1, -0.05) is 28.1 Å². The van der Waals surface area contributed by atoms with Gasteiger partial charge in [0.25, 0.3) is 11.2 Å². The van der Waals surface area contributed by atoms with Crippen LogP contribution in [0.25, 0.3) is 28.0 Å². The number of rotatable bonds is 3. The number of hydrogen-bond acceptors (Lipinski definition) is 4. The normalized spacial score (nSPS) is 10.9. The zero-order valence-electron chi connectivity index (χ0n) is 13.9. The van der Waals surface area contributed by atoms with Crippen LogP contribution in [0.1, 0.15) is 0 Å². The monoisotopic (exact) mass is 421 g/mol. The van der Waals surface area contributed by atoms with E-state index < -0.39 is 4.92 Å².